The Bertz CT molecular complexity index is 807. The van der Waals surface area contributed by atoms with E-state index in [1.54, 1.807) is 0 Å². The molecule has 0 aliphatic carbocycles. The predicted octanol–water partition coefficient (Wildman–Crippen LogP) is 7.08. The smallest absolute Gasteiger partial charge is 0.374 e. The Kier molecular flexibility index (Phi) is 26.9. The molecule has 0 fully saturated rings. The summed E-state index contributed by atoms with van der Waals surface area (Å²) in [7, 11) is -0.874. The van der Waals surface area contributed by atoms with Crippen LogP contribution in [-0.4, -0.2) is 153 Å². The number of nitrogens with zero attached hydrogens (tertiary/aromatic N) is 4. The van der Waals surface area contributed by atoms with Crippen LogP contribution in [0.5, 0.6) is 0 Å². The van der Waals surface area contributed by atoms with Crippen LogP contribution in [0.3, 0.4) is 0 Å². The van der Waals surface area contributed by atoms with Crippen LogP contribution < -0.4 is 0 Å². The quantitative estimate of drug-likeness (QED) is 0.0289. The molecule has 50 heavy (non-hydrogen) atoms. The molecule has 2 aliphatic heterocycles. The first-order valence-electron chi connectivity index (χ1n) is 20.2. The van der Waals surface area contributed by atoms with Crippen molar-refractivity contribution in [3.63, 3.8) is 0 Å². The first-order valence-corrected chi connectivity index (χ1v) is 26.6. The molecule has 0 N–H and O–H groups in total. The third-order valence-corrected chi connectivity index (χ3v) is 17.9. The lowest BCUT2D eigenvalue weighted by Crippen LogP contribution is -2.46. The van der Waals surface area contributed by atoms with Gasteiger partial charge in [0, 0.05) is 63.2 Å². The second-order valence-electron chi connectivity index (χ2n) is 13.0. The van der Waals surface area contributed by atoms with Gasteiger partial charge in [-0.3, -0.25) is 19.0 Å². The average Bonchev–Trinajstić information content (AvgIpc) is 3.75. The normalized spacial score (nSPS) is 15.4. The van der Waals surface area contributed by atoms with E-state index in [9.17, 15) is 0 Å². The van der Waals surface area contributed by atoms with Crippen LogP contribution in [0.4, 0.5) is 0 Å². The highest BCUT2D eigenvalue weighted by atomic mass is 33.1. The van der Waals surface area contributed by atoms with E-state index < -0.39 is 17.6 Å². The molecule has 0 spiro atoms. The summed E-state index contributed by atoms with van der Waals surface area (Å²) < 4.78 is 41.0. The van der Waals surface area contributed by atoms with Crippen molar-refractivity contribution in [3.8, 4) is 0 Å². The Labute approximate surface area is 317 Å². The average molecular weight is 781 g/mol. The van der Waals surface area contributed by atoms with Gasteiger partial charge < -0.3 is 26.6 Å². The summed E-state index contributed by atoms with van der Waals surface area (Å²) in [5.74, 6) is 2.58. The second-order valence-corrected chi connectivity index (χ2v) is 21.2. The van der Waals surface area contributed by atoms with Crippen molar-refractivity contribution in [1.29, 1.82) is 0 Å². The second kappa shape index (κ2) is 29.2. The van der Waals surface area contributed by atoms with Crippen LogP contribution in [0, 0.1) is 0 Å². The summed E-state index contributed by atoms with van der Waals surface area (Å²) in [6, 6.07) is 1.79. The largest absolute Gasteiger partial charge is 0.501 e. The molecule has 0 radical (unpaired) electrons. The van der Waals surface area contributed by atoms with E-state index in [0.717, 1.165) is 64.2 Å². The maximum absolute atomic E-state index is 6.01. The summed E-state index contributed by atoms with van der Waals surface area (Å²) >= 11 is 0. The summed E-state index contributed by atoms with van der Waals surface area (Å²) in [5, 5.41) is 0. The Hall–Kier alpha value is -0.166. The van der Waals surface area contributed by atoms with Gasteiger partial charge in [0.1, 0.15) is 26.2 Å². The SMILES string of the molecule is CCO[Si](CCC[N+]1=CN(CCCCCCSSCCCCCCN2C=[N+](CCC[Si](OCC)(OCC)OCC)CC2)CC1)(OCC)OCC. The number of hydrogen-bond acceptors (Lipinski definition) is 10. The van der Waals surface area contributed by atoms with E-state index in [1.807, 2.05) is 41.5 Å². The molecule has 0 saturated carbocycles. The van der Waals surface area contributed by atoms with Gasteiger partial charge in [0.2, 0.25) is 12.7 Å². The van der Waals surface area contributed by atoms with Gasteiger partial charge in [-0.2, -0.15) is 0 Å². The first kappa shape index (κ1) is 46.0. The molecule has 2 rings (SSSR count). The fraction of sp³-hybridized carbons (Fsp3) is 0.944. The molecule has 0 amide bonds. The molecule has 2 aliphatic rings. The minimum absolute atomic E-state index is 0.651. The number of hydrogen-bond donors (Lipinski definition) is 0. The molecule has 10 nitrogen and oxygen atoms in total. The molecular weight excluding hydrogens is 705 g/mol. The van der Waals surface area contributed by atoms with Crippen LogP contribution in [0.2, 0.25) is 12.1 Å². The lowest BCUT2D eigenvalue weighted by molar-refractivity contribution is -0.514. The van der Waals surface area contributed by atoms with Crippen molar-refractivity contribution in [2.24, 2.45) is 0 Å². The van der Waals surface area contributed by atoms with Crippen molar-refractivity contribution < 1.29 is 35.7 Å². The van der Waals surface area contributed by atoms with Crippen LogP contribution in [0.1, 0.15) is 106 Å². The van der Waals surface area contributed by atoms with Crippen LogP contribution in [-0.2, 0) is 26.6 Å². The van der Waals surface area contributed by atoms with Gasteiger partial charge in [-0.1, -0.05) is 34.4 Å². The fourth-order valence-corrected chi connectivity index (χ4v) is 14.1. The molecule has 294 valence electrons. The Morgan fingerprint density at radius 1 is 0.480 bits per heavy atom. The van der Waals surface area contributed by atoms with Crippen LogP contribution >= 0.6 is 21.6 Å². The third-order valence-electron chi connectivity index (χ3n) is 8.97. The highest BCUT2D eigenvalue weighted by Gasteiger charge is 2.41. The van der Waals surface area contributed by atoms with Crippen molar-refractivity contribution in [1.82, 2.24) is 9.80 Å². The van der Waals surface area contributed by atoms with Crippen LogP contribution in [0.25, 0.3) is 0 Å². The molecule has 2 heterocycles. The minimum atomic E-state index is -2.52. The molecule has 0 aromatic carbocycles. The molecule has 0 aromatic heterocycles. The molecule has 0 bridgehead atoms. The van der Waals surface area contributed by atoms with Gasteiger partial charge in [0.05, 0.1) is 26.2 Å². The van der Waals surface area contributed by atoms with Crippen molar-refractivity contribution in [3.05, 3.63) is 0 Å². The van der Waals surface area contributed by atoms with Gasteiger partial charge >= 0.3 is 17.6 Å². The summed E-state index contributed by atoms with van der Waals surface area (Å²) in [6.07, 6.45) is 17.5. The highest BCUT2D eigenvalue weighted by molar-refractivity contribution is 8.76. The van der Waals surface area contributed by atoms with E-state index in [4.69, 9.17) is 26.6 Å². The molecule has 14 heteroatoms. The Balaban J connectivity index is 1.41. The zero-order chi connectivity index (χ0) is 36.2. The maximum Gasteiger partial charge on any atom is 0.501 e. The lowest BCUT2D eigenvalue weighted by atomic mass is 10.2. The third kappa shape index (κ3) is 19.8. The van der Waals surface area contributed by atoms with Gasteiger partial charge in [-0.15, -0.1) is 0 Å². The minimum Gasteiger partial charge on any atom is -0.374 e. The standard InChI is InChI=1S/C36H76N4O6S2Si2/c1-7-41-49(42-8-2,43-9-3)33-21-25-39-29-27-37(35-39)23-17-13-15-19-31-47-48-32-20-16-14-18-24-38-28-30-40(36-38)26-22-34-50(44-10-4,45-11-5)46-12-6/h35-36H,7-34H2,1-6H3/q+2. The molecule has 0 unspecified atom stereocenters. The molecule has 0 saturated heterocycles. The molecule has 0 aromatic rings. The van der Waals surface area contributed by atoms with E-state index in [-0.39, 0.29) is 0 Å². The molecule has 0 atom stereocenters. The summed E-state index contributed by atoms with van der Waals surface area (Å²) in [4.78, 5) is 5.01. The fourth-order valence-electron chi connectivity index (χ4n) is 6.66. The summed E-state index contributed by atoms with van der Waals surface area (Å²) in [6.45, 7) is 25.1. The number of unbranched alkanes of at least 4 members (excludes halogenated alkanes) is 6. The van der Waals surface area contributed by atoms with Crippen molar-refractivity contribution in [2.45, 2.75) is 118 Å². The maximum atomic E-state index is 6.01. The van der Waals surface area contributed by atoms with Gasteiger partial charge in [0.15, 0.2) is 0 Å². The van der Waals surface area contributed by atoms with Crippen LogP contribution in [0.15, 0.2) is 0 Å². The topological polar surface area (TPSA) is 67.9 Å². The van der Waals surface area contributed by atoms with E-state index in [1.165, 1.54) is 76.0 Å². The van der Waals surface area contributed by atoms with Gasteiger partial charge in [-0.25, -0.2) is 0 Å². The van der Waals surface area contributed by atoms with E-state index in [2.05, 4.69) is 53.2 Å². The van der Waals surface area contributed by atoms with Gasteiger partial charge in [-0.05, 0) is 92.9 Å². The van der Waals surface area contributed by atoms with Gasteiger partial charge in [0.25, 0.3) is 0 Å². The lowest BCUT2D eigenvalue weighted by Gasteiger charge is -2.28. The number of rotatable bonds is 35. The highest BCUT2D eigenvalue weighted by Crippen LogP contribution is 2.25. The van der Waals surface area contributed by atoms with Crippen molar-refractivity contribution >= 4 is 51.9 Å². The monoisotopic (exact) mass is 780 g/mol. The predicted molar refractivity (Wildman–Crippen MR) is 217 cm³/mol. The first-order chi connectivity index (χ1) is 24.5. The Morgan fingerprint density at radius 3 is 1.16 bits per heavy atom. The zero-order valence-electron chi connectivity index (χ0n) is 33.0. The zero-order valence-corrected chi connectivity index (χ0v) is 36.6. The molecular formula is C36H76N4O6S2Si2+2. The summed E-state index contributed by atoms with van der Waals surface area (Å²) in [5.41, 5.74) is 0. The van der Waals surface area contributed by atoms with E-state index in [0.29, 0.717) is 39.6 Å². The Morgan fingerprint density at radius 2 is 0.820 bits per heavy atom. The van der Waals surface area contributed by atoms with E-state index >= 15 is 0 Å². The van der Waals surface area contributed by atoms with Crippen molar-refractivity contribution in [2.75, 3.05) is 104 Å².